The summed E-state index contributed by atoms with van der Waals surface area (Å²) in [6.07, 6.45) is 1.61. The Morgan fingerprint density at radius 3 is 2.38 bits per heavy atom. The van der Waals surface area contributed by atoms with Crippen LogP contribution in [0.5, 0.6) is 0 Å². The van der Waals surface area contributed by atoms with E-state index in [-0.39, 0.29) is 17.3 Å². The Kier molecular flexibility index (Phi) is 5.53. The van der Waals surface area contributed by atoms with Gasteiger partial charge in [-0.1, -0.05) is 30.3 Å². The fourth-order valence-electron chi connectivity index (χ4n) is 3.59. The number of nitrogens with zero attached hydrogens (tertiary/aromatic N) is 3. The Morgan fingerprint density at radius 2 is 1.66 bits per heavy atom. The molecule has 0 atom stereocenters. The van der Waals surface area contributed by atoms with E-state index in [1.54, 1.807) is 29.3 Å². The van der Waals surface area contributed by atoms with Crippen molar-refractivity contribution in [1.29, 1.82) is 0 Å². The van der Waals surface area contributed by atoms with Gasteiger partial charge in [0.1, 0.15) is 5.82 Å². The maximum Gasteiger partial charge on any atom is 0.255 e. The van der Waals surface area contributed by atoms with Crippen molar-refractivity contribution in [1.82, 2.24) is 14.4 Å². The SMILES string of the molecule is O=C(c1ccc(=O)n(-c2ccccc2)c1)N1CCN(Cc2cccc(F)c2)CC1. The molecule has 4 rings (SSSR count). The molecule has 5 nitrogen and oxygen atoms in total. The van der Waals surface area contributed by atoms with Gasteiger partial charge in [0.15, 0.2) is 0 Å². The summed E-state index contributed by atoms with van der Waals surface area (Å²) in [5.41, 5.74) is 1.98. The first-order valence-electron chi connectivity index (χ1n) is 9.64. The number of halogens is 1. The molecule has 0 aliphatic carbocycles. The number of para-hydroxylation sites is 1. The topological polar surface area (TPSA) is 45.6 Å². The maximum absolute atomic E-state index is 13.4. The minimum absolute atomic E-state index is 0.0833. The van der Waals surface area contributed by atoms with Gasteiger partial charge in [0.25, 0.3) is 11.5 Å². The average molecular weight is 391 g/mol. The fourth-order valence-corrected chi connectivity index (χ4v) is 3.59. The van der Waals surface area contributed by atoms with Gasteiger partial charge in [0, 0.05) is 50.7 Å². The number of carbonyl (C=O) groups excluding carboxylic acids is 1. The minimum Gasteiger partial charge on any atom is -0.336 e. The molecule has 0 unspecified atom stereocenters. The zero-order chi connectivity index (χ0) is 20.2. The number of piperazine rings is 1. The molecule has 1 aliphatic heterocycles. The van der Waals surface area contributed by atoms with Crippen LogP contribution in [0.3, 0.4) is 0 Å². The largest absolute Gasteiger partial charge is 0.336 e. The van der Waals surface area contributed by atoms with Crippen molar-refractivity contribution in [2.24, 2.45) is 0 Å². The van der Waals surface area contributed by atoms with Crippen LogP contribution in [0.15, 0.2) is 77.7 Å². The van der Waals surface area contributed by atoms with Crippen molar-refractivity contribution in [3.63, 3.8) is 0 Å². The molecule has 0 saturated carbocycles. The third-order valence-electron chi connectivity index (χ3n) is 5.15. The predicted molar refractivity (Wildman–Crippen MR) is 110 cm³/mol. The van der Waals surface area contributed by atoms with E-state index in [2.05, 4.69) is 4.90 Å². The van der Waals surface area contributed by atoms with Crippen LogP contribution < -0.4 is 5.56 Å². The van der Waals surface area contributed by atoms with E-state index >= 15 is 0 Å². The fraction of sp³-hybridized carbons (Fsp3) is 0.217. The first kappa shape index (κ1) is 19.1. The van der Waals surface area contributed by atoms with Crippen molar-refractivity contribution in [2.75, 3.05) is 26.2 Å². The van der Waals surface area contributed by atoms with E-state index in [0.29, 0.717) is 25.2 Å². The van der Waals surface area contributed by atoms with E-state index in [4.69, 9.17) is 0 Å². The second-order valence-corrected chi connectivity index (χ2v) is 7.16. The highest BCUT2D eigenvalue weighted by Gasteiger charge is 2.22. The molecule has 148 valence electrons. The molecule has 1 fully saturated rings. The summed E-state index contributed by atoms with van der Waals surface area (Å²) >= 11 is 0. The summed E-state index contributed by atoms with van der Waals surface area (Å²) in [6, 6.07) is 18.9. The van der Waals surface area contributed by atoms with Gasteiger partial charge in [0.2, 0.25) is 0 Å². The van der Waals surface area contributed by atoms with Crippen molar-refractivity contribution in [2.45, 2.75) is 6.54 Å². The molecule has 1 aromatic heterocycles. The molecule has 0 spiro atoms. The molecule has 3 aromatic rings. The van der Waals surface area contributed by atoms with Crippen LogP contribution in [0.1, 0.15) is 15.9 Å². The number of amides is 1. The molecule has 0 N–H and O–H groups in total. The summed E-state index contributed by atoms with van der Waals surface area (Å²) in [4.78, 5) is 29.2. The van der Waals surface area contributed by atoms with Gasteiger partial charge in [-0.05, 0) is 35.9 Å². The molecule has 2 aromatic carbocycles. The minimum atomic E-state index is -0.232. The van der Waals surface area contributed by atoms with E-state index in [1.165, 1.54) is 16.7 Å². The van der Waals surface area contributed by atoms with Crippen LogP contribution in [-0.2, 0) is 6.54 Å². The van der Waals surface area contributed by atoms with Gasteiger partial charge in [-0.2, -0.15) is 0 Å². The highest BCUT2D eigenvalue weighted by Crippen LogP contribution is 2.13. The van der Waals surface area contributed by atoms with Gasteiger partial charge in [-0.15, -0.1) is 0 Å². The molecule has 29 heavy (non-hydrogen) atoms. The van der Waals surface area contributed by atoms with Crippen molar-refractivity contribution >= 4 is 5.91 Å². The molecule has 1 saturated heterocycles. The monoisotopic (exact) mass is 391 g/mol. The number of aromatic nitrogens is 1. The van der Waals surface area contributed by atoms with Gasteiger partial charge >= 0.3 is 0 Å². The predicted octanol–water partition coefficient (Wildman–Crippen LogP) is 2.93. The van der Waals surface area contributed by atoms with E-state index in [0.717, 1.165) is 24.3 Å². The molecular weight excluding hydrogens is 369 g/mol. The van der Waals surface area contributed by atoms with E-state index in [9.17, 15) is 14.0 Å². The quantitative estimate of drug-likeness (QED) is 0.687. The number of hydrogen-bond donors (Lipinski definition) is 0. The van der Waals surface area contributed by atoms with Gasteiger partial charge in [0.05, 0.1) is 5.56 Å². The van der Waals surface area contributed by atoms with Crippen LogP contribution >= 0.6 is 0 Å². The lowest BCUT2D eigenvalue weighted by atomic mass is 10.1. The molecule has 0 bridgehead atoms. The van der Waals surface area contributed by atoms with Gasteiger partial charge in [-0.25, -0.2) is 4.39 Å². The summed E-state index contributed by atoms with van der Waals surface area (Å²) < 4.78 is 14.9. The Bertz CT molecular complexity index is 1060. The second-order valence-electron chi connectivity index (χ2n) is 7.16. The molecule has 6 heteroatoms. The smallest absolute Gasteiger partial charge is 0.255 e. The summed E-state index contributed by atoms with van der Waals surface area (Å²) in [5, 5.41) is 0. The molecule has 1 aliphatic rings. The molecule has 0 radical (unpaired) electrons. The third kappa shape index (κ3) is 4.43. The number of hydrogen-bond acceptors (Lipinski definition) is 3. The standard InChI is InChI=1S/C23H22FN3O2/c24-20-6-4-5-18(15-20)16-25-11-13-26(14-12-25)23(29)19-9-10-22(28)27(17-19)21-7-2-1-3-8-21/h1-10,15,17H,11-14,16H2. The van der Waals surface area contributed by atoms with E-state index in [1.807, 2.05) is 36.4 Å². The Morgan fingerprint density at radius 1 is 0.897 bits per heavy atom. The summed E-state index contributed by atoms with van der Waals surface area (Å²) in [7, 11) is 0. The average Bonchev–Trinajstić information content (AvgIpc) is 2.75. The molecule has 2 heterocycles. The molecular formula is C23H22FN3O2. The number of carbonyl (C=O) groups is 1. The van der Waals surface area contributed by atoms with Gasteiger partial charge in [-0.3, -0.25) is 19.1 Å². The first-order chi connectivity index (χ1) is 14.1. The van der Waals surface area contributed by atoms with Crippen LogP contribution in [0, 0.1) is 5.82 Å². The lowest BCUT2D eigenvalue weighted by molar-refractivity contribution is 0.0627. The number of rotatable bonds is 4. The normalized spacial score (nSPS) is 14.7. The highest BCUT2D eigenvalue weighted by atomic mass is 19.1. The Labute approximate surface area is 168 Å². The lowest BCUT2D eigenvalue weighted by Crippen LogP contribution is -2.48. The van der Waals surface area contributed by atoms with E-state index < -0.39 is 0 Å². The zero-order valence-electron chi connectivity index (χ0n) is 16.0. The van der Waals surface area contributed by atoms with Crippen LogP contribution in [0.25, 0.3) is 5.69 Å². The maximum atomic E-state index is 13.4. The summed E-state index contributed by atoms with van der Waals surface area (Å²) in [6.45, 7) is 3.30. The van der Waals surface area contributed by atoms with Crippen LogP contribution in [-0.4, -0.2) is 46.5 Å². The van der Waals surface area contributed by atoms with Crippen molar-refractivity contribution in [3.8, 4) is 5.69 Å². The lowest BCUT2D eigenvalue weighted by Gasteiger charge is -2.34. The Hall–Kier alpha value is -3.25. The van der Waals surface area contributed by atoms with Gasteiger partial charge < -0.3 is 4.90 Å². The van der Waals surface area contributed by atoms with Crippen molar-refractivity contribution < 1.29 is 9.18 Å². The summed E-state index contributed by atoms with van der Waals surface area (Å²) in [5.74, 6) is -0.315. The number of pyridine rings is 1. The third-order valence-corrected chi connectivity index (χ3v) is 5.15. The second kappa shape index (κ2) is 8.41. The molecule has 1 amide bonds. The zero-order valence-corrected chi connectivity index (χ0v) is 16.0. The number of benzene rings is 2. The highest BCUT2D eigenvalue weighted by molar-refractivity contribution is 5.94. The first-order valence-corrected chi connectivity index (χ1v) is 9.64. The Balaban J connectivity index is 1.43. The van der Waals surface area contributed by atoms with Crippen LogP contribution in [0.4, 0.5) is 4.39 Å². The van der Waals surface area contributed by atoms with Crippen molar-refractivity contribution in [3.05, 3.63) is 100 Å². The van der Waals surface area contributed by atoms with Crippen LogP contribution in [0.2, 0.25) is 0 Å².